The second kappa shape index (κ2) is 6.40. The Labute approximate surface area is 121 Å². The molecule has 0 radical (unpaired) electrons. The lowest BCUT2D eigenvalue weighted by Gasteiger charge is -2.27. The molecule has 0 bridgehead atoms. The summed E-state index contributed by atoms with van der Waals surface area (Å²) in [5.74, 6) is -0.0710. The van der Waals surface area contributed by atoms with Crippen LogP contribution in [0.1, 0.15) is 60.0 Å². The number of rotatable bonds is 3. The predicted octanol–water partition coefficient (Wildman–Crippen LogP) is 3.12. The quantitative estimate of drug-likeness (QED) is 0.833. The van der Waals surface area contributed by atoms with Crippen molar-refractivity contribution in [1.29, 1.82) is 0 Å². The SMILES string of the molecule is Cc1cccc(C)c1C(=O)NCC1(O)CCCCCC1. The molecule has 0 saturated heterocycles. The van der Waals surface area contributed by atoms with Crippen LogP contribution in [0.3, 0.4) is 0 Å². The summed E-state index contributed by atoms with van der Waals surface area (Å²) in [6.07, 6.45) is 6.06. The Hall–Kier alpha value is -1.35. The summed E-state index contributed by atoms with van der Waals surface area (Å²) >= 11 is 0. The van der Waals surface area contributed by atoms with Gasteiger partial charge < -0.3 is 10.4 Å². The van der Waals surface area contributed by atoms with Crippen LogP contribution in [0, 0.1) is 13.8 Å². The van der Waals surface area contributed by atoms with E-state index in [4.69, 9.17) is 0 Å². The van der Waals surface area contributed by atoms with Crippen molar-refractivity contribution in [3.8, 4) is 0 Å². The van der Waals surface area contributed by atoms with Gasteiger partial charge in [-0.2, -0.15) is 0 Å². The summed E-state index contributed by atoms with van der Waals surface area (Å²) in [6.45, 7) is 4.25. The average Bonchev–Trinajstić information content (AvgIpc) is 2.62. The van der Waals surface area contributed by atoms with Crippen molar-refractivity contribution >= 4 is 5.91 Å². The van der Waals surface area contributed by atoms with Gasteiger partial charge >= 0.3 is 0 Å². The fourth-order valence-corrected chi connectivity index (χ4v) is 3.07. The Morgan fingerprint density at radius 3 is 2.25 bits per heavy atom. The van der Waals surface area contributed by atoms with Gasteiger partial charge in [0.2, 0.25) is 0 Å². The maximum absolute atomic E-state index is 12.3. The molecule has 0 aromatic heterocycles. The number of hydrogen-bond donors (Lipinski definition) is 2. The lowest BCUT2D eigenvalue weighted by atomic mass is 9.94. The standard InChI is InChI=1S/C17H25NO2/c1-13-8-7-9-14(2)15(13)16(19)18-12-17(20)10-5-3-4-6-11-17/h7-9,20H,3-6,10-12H2,1-2H3,(H,18,19). The normalized spacial score (nSPS) is 18.4. The van der Waals surface area contributed by atoms with Gasteiger partial charge in [-0.25, -0.2) is 0 Å². The summed E-state index contributed by atoms with van der Waals surface area (Å²) in [5, 5.41) is 13.5. The third-order valence-corrected chi connectivity index (χ3v) is 4.32. The second-order valence-corrected chi connectivity index (χ2v) is 6.09. The molecule has 0 atom stereocenters. The van der Waals surface area contributed by atoms with Crippen LogP contribution >= 0.6 is 0 Å². The number of aryl methyl sites for hydroxylation is 2. The number of carbonyl (C=O) groups is 1. The molecule has 1 saturated carbocycles. The van der Waals surface area contributed by atoms with Crippen molar-refractivity contribution in [2.45, 2.75) is 58.0 Å². The fraction of sp³-hybridized carbons (Fsp3) is 0.588. The molecule has 1 aromatic carbocycles. The monoisotopic (exact) mass is 275 g/mol. The van der Waals surface area contributed by atoms with E-state index >= 15 is 0 Å². The van der Waals surface area contributed by atoms with Crippen molar-refractivity contribution in [2.24, 2.45) is 0 Å². The molecule has 1 aliphatic carbocycles. The van der Waals surface area contributed by atoms with Gasteiger partial charge in [0.25, 0.3) is 5.91 Å². The lowest BCUT2D eigenvalue weighted by molar-refractivity contribution is 0.0246. The number of carbonyl (C=O) groups excluding carboxylic acids is 1. The van der Waals surface area contributed by atoms with Crippen LogP contribution in [-0.4, -0.2) is 23.2 Å². The smallest absolute Gasteiger partial charge is 0.251 e. The Kier molecular flexibility index (Phi) is 4.81. The van der Waals surface area contributed by atoms with E-state index in [9.17, 15) is 9.90 Å². The van der Waals surface area contributed by atoms with Crippen molar-refractivity contribution in [3.05, 3.63) is 34.9 Å². The minimum atomic E-state index is -0.719. The molecule has 2 rings (SSSR count). The summed E-state index contributed by atoms with van der Waals surface area (Å²) in [6, 6.07) is 5.85. The molecule has 0 unspecified atom stereocenters. The van der Waals surface area contributed by atoms with E-state index in [1.165, 1.54) is 12.8 Å². The molecule has 1 aliphatic rings. The first-order chi connectivity index (χ1) is 9.52. The Bertz CT molecular complexity index is 454. The summed E-state index contributed by atoms with van der Waals surface area (Å²) < 4.78 is 0. The van der Waals surface area contributed by atoms with Gasteiger partial charge in [0, 0.05) is 12.1 Å². The van der Waals surface area contributed by atoms with E-state index < -0.39 is 5.60 Å². The van der Waals surface area contributed by atoms with Gasteiger partial charge in [-0.3, -0.25) is 4.79 Å². The van der Waals surface area contributed by atoms with E-state index in [0.717, 1.165) is 42.4 Å². The zero-order valence-electron chi connectivity index (χ0n) is 12.5. The largest absolute Gasteiger partial charge is 0.388 e. The molecule has 1 amide bonds. The topological polar surface area (TPSA) is 49.3 Å². The van der Waals surface area contributed by atoms with Crippen LogP contribution in [0.25, 0.3) is 0 Å². The van der Waals surface area contributed by atoms with Crippen LogP contribution in [0.15, 0.2) is 18.2 Å². The molecule has 2 N–H and O–H groups in total. The number of nitrogens with one attached hydrogen (secondary N) is 1. The van der Waals surface area contributed by atoms with Gasteiger partial charge in [-0.15, -0.1) is 0 Å². The number of aliphatic hydroxyl groups is 1. The fourth-order valence-electron chi connectivity index (χ4n) is 3.07. The van der Waals surface area contributed by atoms with Crippen molar-refractivity contribution in [2.75, 3.05) is 6.54 Å². The molecule has 3 nitrogen and oxygen atoms in total. The second-order valence-electron chi connectivity index (χ2n) is 6.09. The zero-order chi connectivity index (χ0) is 14.6. The van der Waals surface area contributed by atoms with Crippen LogP contribution < -0.4 is 5.32 Å². The molecule has 0 heterocycles. The number of benzene rings is 1. The molecule has 1 fully saturated rings. The Morgan fingerprint density at radius 1 is 1.15 bits per heavy atom. The maximum Gasteiger partial charge on any atom is 0.251 e. The van der Waals surface area contributed by atoms with Crippen molar-refractivity contribution in [1.82, 2.24) is 5.32 Å². The van der Waals surface area contributed by atoms with Gasteiger partial charge in [-0.1, -0.05) is 43.9 Å². The highest BCUT2D eigenvalue weighted by Gasteiger charge is 2.28. The van der Waals surface area contributed by atoms with Crippen LogP contribution in [0.2, 0.25) is 0 Å². The molecule has 3 heteroatoms. The average molecular weight is 275 g/mol. The van der Waals surface area contributed by atoms with E-state index in [1.54, 1.807) is 0 Å². The molecule has 0 spiro atoms. The Morgan fingerprint density at radius 2 is 1.70 bits per heavy atom. The van der Waals surface area contributed by atoms with E-state index in [0.29, 0.717) is 6.54 Å². The minimum Gasteiger partial charge on any atom is -0.388 e. The molecule has 110 valence electrons. The number of amides is 1. The molecule has 0 aliphatic heterocycles. The Balaban J connectivity index is 2.01. The van der Waals surface area contributed by atoms with E-state index in [2.05, 4.69) is 5.32 Å². The van der Waals surface area contributed by atoms with Crippen LogP contribution in [0.4, 0.5) is 0 Å². The first kappa shape index (κ1) is 15.0. The molecular weight excluding hydrogens is 250 g/mol. The van der Waals surface area contributed by atoms with Crippen molar-refractivity contribution in [3.63, 3.8) is 0 Å². The summed E-state index contributed by atoms with van der Waals surface area (Å²) in [4.78, 5) is 12.3. The first-order valence-electron chi connectivity index (χ1n) is 7.59. The van der Waals surface area contributed by atoms with Gasteiger partial charge in [-0.05, 0) is 37.8 Å². The third-order valence-electron chi connectivity index (χ3n) is 4.32. The molecule has 20 heavy (non-hydrogen) atoms. The van der Waals surface area contributed by atoms with Crippen LogP contribution in [-0.2, 0) is 0 Å². The predicted molar refractivity (Wildman–Crippen MR) is 80.9 cm³/mol. The first-order valence-corrected chi connectivity index (χ1v) is 7.59. The number of hydrogen-bond acceptors (Lipinski definition) is 2. The summed E-state index contributed by atoms with van der Waals surface area (Å²) in [5.41, 5.74) is 1.98. The van der Waals surface area contributed by atoms with E-state index in [1.807, 2.05) is 32.0 Å². The van der Waals surface area contributed by atoms with Gasteiger partial charge in [0.1, 0.15) is 0 Å². The van der Waals surface area contributed by atoms with E-state index in [-0.39, 0.29) is 5.91 Å². The zero-order valence-corrected chi connectivity index (χ0v) is 12.5. The highest BCUT2D eigenvalue weighted by molar-refractivity contribution is 5.97. The van der Waals surface area contributed by atoms with Crippen molar-refractivity contribution < 1.29 is 9.90 Å². The molecule has 1 aromatic rings. The van der Waals surface area contributed by atoms with Gasteiger partial charge in [0.05, 0.1) is 5.60 Å². The highest BCUT2D eigenvalue weighted by Crippen LogP contribution is 2.26. The van der Waals surface area contributed by atoms with Gasteiger partial charge in [0.15, 0.2) is 0 Å². The maximum atomic E-state index is 12.3. The minimum absolute atomic E-state index is 0.0710. The third kappa shape index (κ3) is 3.60. The highest BCUT2D eigenvalue weighted by atomic mass is 16.3. The molecular formula is C17H25NO2. The lowest BCUT2D eigenvalue weighted by Crippen LogP contribution is -2.42. The van der Waals surface area contributed by atoms with Crippen LogP contribution in [0.5, 0.6) is 0 Å². The summed E-state index contributed by atoms with van der Waals surface area (Å²) in [7, 11) is 0.